The van der Waals surface area contributed by atoms with Crippen LogP contribution >= 0.6 is 0 Å². The lowest BCUT2D eigenvalue weighted by Gasteiger charge is -2.36. The summed E-state index contributed by atoms with van der Waals surface area (Å²) in [5, 5.41) is 8.93. The maximum absolute atomic E-state index is 12.0. The number of piperidine rings is 1. The summed E-state index contributed by atoms with van der Waals surface area (Å²) >= 11 is 0. The minimum absolute atomic E-state index is 0.215. The predicted molar refractivity (Wildman–Crippen MR) is 52.1 cm³/mol. The van der Waals surface area contributed by atoms with Crippen LogP contribution in [0.1, 0.15) is 26.2 Å². The molecule has 0 aromatic rings. The molecule has 0 aromatic heterocycles. The number of aliphatic carboxylic acids is 1. The van der Waals surface area contributed by atoms with Crippen LogP contribution in [0.3, 0.4) is 0 Å². The molecule has 1 N–H and O–H groups in total. The normalized spacial score (nSPS) is 28.0. The maximum Gasteiger partial charge on any atom is 0.390 e. The van der Waals surface area contributed by atoms with Crippen LogP contribution in [0.4, 0.5) is 13.2 Å². The summed E-state index contributed by atoms with van der Waals surface area (Å²) in [5.41, 5.74) is 0. The number of hydrogen-bond donors (Lipinski definition) is 1. The summed E-state index contributed by atoms with van der Waals surface area (Å²) in [7, 11) is 0. The first-order valence-electron chi connectivity index (χ1n) is 5.33. The third-order valence-electron chi connectivity index (χ3n) is 2.94. The monoisotopic (exact) mass is 239 g/mol. The van der Waals surface area contributed by atoms with Crippen LogP contribution in [-0.2, 0) is 4.79 Å². The number of carboxylic acid groups (broad SMARTS) is 1. The van der Waals surface area contributed by atoms with E-state index in [-0.39, 0.29) is 12.5 Å². The average molecular weight is 239 g/mol. The van der Waals surface area contributed by atoms with Crippen molar-refractivity contribution in [2.75, 3.05) is 13.1 Å². The lowest BCUT2D eigenvalue weighted by Crippen LogP contribution is -2.47. The van der Waals surface area contributed by atoms with Crippen LogP contribution < -0.4 is 0 Å². The molecule has 1 saturated heterocycles. The number of nitrogens with zero attached hydrogens (tertiary/aromatic N) is 1. The molecule has 2 atom stereocenters. The van der Waals surface area contributed by atoms with Crippen LogP contribution in [0.2, 0.25) is 0 Å². The third-order valence-corrected chi connectivity index (χ3v) is 2.94. The summed E-state index contributed by atoms with van der Waals surface area (Å²) < 4.78 is 36.1. The molecular formula is C10H16F3NO2. The zero-order chi connectivity index (χ0) is 12.3. The van der Waals surface area contributed by atoms with Crippen LogP contribution in [0.15, 0.2) is 0 Å². The van der Waals surface area contributed by atoms with E-state index in [1.54, 1.807) is 0 Å². The van der Waals surface area contributed by atoms with Crippen molar-refractivity contribution in [2.24, 2.45) is 5.92 Å². The van der Waals surface area contributed by atoms with E-state index in [2.05, 4.69) is 0 Å². The highest BCUT2D eigenvalue weighted by Crippen LogP contribution is 2.26. The largest absolute Gasteiger partial charge is 0.480 e. The highest BCUT2D eigenvalue weighted by atomic mass is 19.4. The summed E-state index contributed by atoms with van der Waals surface area (Å²) in [6, 6.07) is -0.758. The van der Waals surface area contributed by atoms with Crippen molar-refractivity contribution in [2.45, 2.75) is 38.4 Å². The van der Waals surface area contributed by atoms with Gasteiger partial charge in [-0.15, -0.1) is 0 Å². The molecule has 1 heterocycles. The Morgan fingerprint density at radius 2 is 2.12 bits per heavy atom. The fourth-order valence-corrected chi connectivity index (χ4v) is 1.99. The summed E-state index contributed by atoms with van der Waals surface area (Å²) in [5.74, 6) is -0.753. The molecule has 16 heavy (non-hydrogen) atoms. The number of hydrogen-bond acceptors (Lipinski definition) is 2. The Bertz CT molecular complexity index is 255. The molecule has 1 fully saturated rings. The number of rotatable bonds is 3. The van der Waals surface area contributed by atoms with E-state index >= 15 is 0 Å². The van der Waals surface area contributed by atoms with E-state index in [4.69, 9.17) is 5.11 Å². The van der Waals surface area contributed by atoms with Gasteiger partial charge in [0.25, 0.3) is 0 Å². The molecule has 94 valence electrons. The number of carbonyl (C=O) groups is 1. The van der Waals surface area contributed by atoms with E-state index in [1.165, 1.54) is 4.90 Å². The van der Waals surface area contributed by atoms with Gasteiger partial charge in [-0.1, -0.05) is 6.92 Å². The van der Waals surface area contributed by atoms with Gasteiger partial charge in [-0.3, -0.25) is 9.69 Å². The van der Waals surface area contributed by atoms with Crippen LogP contribution in [0.25, 0.3) is 0 Å². The molecular weight excluding hydrogens is 223 g/mol. The van der Waals surface area contributed by atoms with Gasteiger partial charge in [0, 0.05) is 6.54 Å². The number of carboxylic acids is 1. The quantitative estimate of drug-likeness (QED) is 0.820. The number of likely N-dealkylation sites (tertiary alicyclic amines) is 1. The molecule has 0 spiro atoms. The van der Waals surface area contributed by atoms with Gasteiger partial charge in [-0.2, -0.15) is 13.2 Å². The van der Waals surface area contributed by atoms with E-state index in [9.17, 15) is 18.0 Å². The molecule has 0 aromatic carbocycles. The Morgan fingerprint density at radius 3 is 2.62 bits per heavy atom. The van der Waals surface area contributed by atoms with E-state index in [0.717, 1.165) is 6.42 Å². The first kappa shape index (κ1) is 13.3. The van der Waals surface area contributed by atoms with Gasteiger partial charge in [0.05, 0.1) is 6.42 Å². The highest BCUT2D eigenvalue weighted by Gasteiger charge is 2.34. The van der Waals surface area contributed by atoms with Crippen molar-refractivity contribution in [1.82, 2.24) is 4.90 Å². The van der Waals surface area contributed by atoms with Gasteiger partial charge >= 0.3 is 12.1 Å². The van der Waals surface area contributed by atoms with Gasteiger partial charge in [-0.25, -0.2) is 0 Å². The lowest BCUT2D eigenvalue weighted by molar-refractivity contribution is -0.152. The van der Waals surface area contributed by atoms with E-state index in [0.29, 0.717) is 13.0 Å². The minimum Gasteiger partial charge on any atom is -0.480 e. The first-order chi connectivity index (χ1) is 7.29. The van der Waals surface area contributed by atoms with Gasteiger partial charge in [0.1, 0.15) is 6.04 Å². The molecule has 1 aliphatic heterocycles. The van der Waals surface area contributed by atoms with Crippen LogP contribution in [0, 0.1) is 5.92 Å². The molecule has 3 nitrogen and oxygen atoms in total. The topological polar surface area (TPSA) is 40.5 Å². The lowest BCUT2D eigenvalue weighted by atomic mass is 9.92. The van der Waals surface area contributed by atoms with Gasteiger partial charge in [0.2, 0.25) is 0 Å². The van der Waals surface area contributed by atoms with Crippen LogP contribution in [0.5, 0.6) is 0 Å². The molecule has 1 rings (SSSR count). The third kappa shape index (κ3) is 4.00. The SMILES string of the molecule is CC1CCN(CCC(F)(F)F)C(C(=O)O)C1. The second-order valence-corrected chi connectivity index (χ2v) is 4.38. The Morgan fingerprint density at radius 1 is 1.50 bits per heavy atom. The van der Waals surface area contributed by atoms with Gasteiger partial charge < -0.3 is 5.11 Å². The molecule has 0 bridgehead atoms. The molecule has 0 aliphatic carbocycles. The average Bonchev–Trinajstić information content (AvgIpc) is 2.14. The van der Waals surface area contributed by atoms with Gasteiger partial charge in [0.15, 0.2) is 0 Å². The molecule has 1 aliphatic rings. The fourth-order valence-electron chi connectivity index (χ4n) is 1.99. The van der Waals surface area contributed by atoms with Crippen molar-refractivity contribution in [3.05, 3.63) is 0 Å². The van der Waals surface area contributed by atoms with E-state index < -0.39 is 24.6 Å². The minimum atomic E-state index is -4.22. The highest BCUT2D eigenvalue weighted by molar-refractivity contribution is 5.73. The Balaban J connectivity index is 2.53. The second-order valence-electron chi connectivity index (χ2n) is 4.38. The smallest absolute Gasteiger partial charge is 0.390 e. The Kier molecular flexibility index (Phi) is 4.18. The summed E-state index contributed by atoms with van der Waals surface area (Å²) in [6.07, 6.45) is -3.95. The molecule has 2 unspecified atom stereocenters. The second kappa shape index (κ2) is 5.03. The van der Waals surface area contributed by atoms with Crippen molar-refractivity contribution in [1.29, 1.82) is 0 Å². The molecule has 6 heteroatoms. The molecule has 0 amide bonds. The standard InChI is InChI=1S/C10H16F3NO2/c1-7-2-4-14(5-3-10(11,12)13)8(6-7)9(15)16/h7-8H,2-6H2,1H3,(H,15,16). The van der Waals surface area contributed by atoms with Crippen molar-refractivity contribution >= 4 is 5.97 Å². The fraction of sp³-hybridized carbons (Fsp3) is 0.900. The van der Waals surface area contributed by atoms with Crippen molar-refractivity contribution in [3.63, 3.8) is 0 Å². The van der Waals surface area contributed by atoms with Crippen molar-refractivity contribution in [3.8, 4) is 0 Å². The number of halogens is 3. The zero-order valence-corrected chi connectivity index (χ0v) is 9.13. The van der Waals surface area contributed by atoms with Crippen LogP contribution in [-0.4, -0.2) is 41.3 Å². The summed E-state index contributed by atoms with van der Waals surface area (Å²) in [6.45, 7) is 2.15. The molecule has 0 saturated carbocycles. The Hall–Kier alpha value is -0.780. The van der Waals surface area contributed by atoms with Gasteiger partial charge in [-0.05, 0) is 25.3 Å². The first-order valence-corrected chi connectivity index (χ1v) is 5.33. The van der Waals surface area contributed by atoms with E-state index in [1.807, 2.05) is 6.92 Å². The zero-order valence-electron chi connectivity index (χ0n) is 9.13. The summed E-state index contributed by atoms with van der Waals surface area (Å²) in [4.78, 5) is 12.3. The van der Waals surface area contributed by atoms with Crippen molar-refractivity contribution < 1.29 is 23.1 Å². The number of alkyl halides is 3. The molecule has 0 radical (unpaired) electrons. The predicted octanol–water partition coefficient (Wildman–Crippen LogP) is 2.12. The maximum atomic E-state index is 12.0. The Labute approximate surface area is 92.2 Å².